The maximum absolute atomic E-state index is 12.5. The molecule has 1 aromatic carbocycles. The average molecular weight is 373 g/mol. The lowest BCUT2D eigenvalue weighted by molar-refractivity contribution is -0.486. The summed E-state index contributed by atoms with van der Waals surface area (Å²) in [5.74, 6) is 0.693. The number of nitriles is 1. The van der Waals surface area contributed by atoms with E-state index in [4.69, 9.17) is 14.7 Å². The van der Waals surface area contributed by atoms with Gasteiger partial charge in [0.15, 0.2) is 5.03 Å². The molecule has 10 heteroatoms. The fraction of sp³-hybridized carbons (Fsp3) is 0.471. The third kappa shape index (κ3) is 4.32. The Balaban J connectivity index is 1.74. The highest BCUT2D eigenvalue weighted by atomic mass is 16.7. The maximum Gasteiger partial charge on any atom is 0.422 e. The van der Waals surface area contributed by atoms with E-state index in [1.54, 1.807) is 17.0 Å². The van der Waals surface area contributed by atoms with Crippen LogP contribution in [-0.2, 0) is 4.74 Å². The first-order valence-corrected chi connectivity index (χ1v) is 8.53. The minimum Gasteiger partial charge on any atom is -0.410 e. The molecule has 1 aromatic rings. The van der Waals surface area contributed by atoms with E-state index in [9.17, 15) is 14.9 Å². The van der Waals surface area contributed by atoms with E-state index in [-0.39, 0.29) is 24.2 Å². The first kappa shape index (κ1) is 18.6. The molecular weight excluding hydrogens is 354 g/mol. The van der Waals surface area contributed by atoms with Gasteiger partial charge in [-0.25, -0.2) is 19.8 Å². The summed E-state index contributed by atoms with van der Waals surface area (Å²) in [7, 11) is 0. The number of carbonyl (C=O) groups is 1. The molecule has 2 heterocycles. The summed E-state index contributed by atoms with van der Waals surface area (Å²) in [6.45, 7) is 4.46. The van der Waals surface area contributed by atoms with E-state index in [1.807, 2.05) is 6.07 Å². The molecule has 10 nitrogen and oxygen atoms in total. The smallest absolute Gasteiger partial charge is 0.410 e. The van der Waals surface area contributed by atoms with Gasteiger partial charge in [-0.2, -0.15) is 5.26 Å². The zero-order valence-corrected chi connectivity index (χ0v) is 14.8. The van der Waals surface area contributed by atoms with E-state index < -0.39 is 11.1 Å². The Morgan fingerprint density at radius 3 is 2.96 bits per heavy atom. The highest BCUT2D eigenvalue weighted by Crippen LogP contribution is 2.24. The molecule has 3 rings (SSSR count). The number of nitrogens with zero attached hydrogens (tertiary/aromatic N) is 5. The zero-order chi connectivity index (χ0) is 19.4. The third-order valence-corrected chi connectivity index (χ3v) is 4.65. The maximum atomic E-state index is 12.5. The summed E-state index contributed by atoms with van der Waals surface area (Å²) in [6.07, 6.45) is -0.774. The van der Waals surface area contributed by atoms with Crippen molar-refractivity contribution < 1.29 is 19.3 Å². The van der Waals surface area contributed by atoms with Crippen LogP contribution in [0, 0.1) is 33.3 Å². The van der Waals surface area contributed by atoms with Gasteiger partial charge in [-0.15, -0.1) is 0 Å². The monoisotopic (exact) mass is 373 g/mol. The van der Waals surface area contributed by atoms with Crippen molar-refractivity contribution >= 4 is 12.1 Å². The van der Waals surface area contributed by atoms with Gasteiger partial charge in [0.25, 0.3) is 5.96 Å². The molecule has 0 saturated carbocycles. The van der Waals surface area contributed by atoms with Crippen LogP contribution in [-0.4, -0.2) is 59.7 Å². The number of amides is 1. The molecule has 2 aliphatic heterocycles. The van der Waals surface area contributed by atoms with Gasteiger partial charge in [0.1, 0.15) is 10.9 Å². The number of guanidine groups is 1. The lowest BCUT2D eigenvalue weighted by Crippen LogP contribution is -2.42. The minimum absolute atomic E-state index is 0.0412. The van der Waals surface area contributed by atoms with Crippen LogP contribution in [0.1, 0.15) is 12.5 Å². The van der Waals surface area contributed by atoms with Crippen molar-refractivity contribution in [3.63, 3.8) is 0 Å². The second-order valence-electron chi connectivity index (χ2n) is 6.52. The Bertz CT molecular complexity index is 805. The predicted molar refractivity (Wildman–Crippen MR) is 93.4 cm³/mol. The molecule has 0 aromatic heterocycles. The van der Waals surface area contributed by atoms with Crippen LogP contribution >= 0.6 is 0 Å². The van der Waals surface area contributed by atoms with Gasteiger partial charge in [-0.05, 0) is 24.1 Å². The SMILES string of the molecule is CC1COCC1CN1CCN(C(=O)Oc2cccc(C#N)c2)C1=N[N+](=O)[O-]. The summed E-state index contributed by atoms with van der Waals surface area (Å²) in [5, 5.41) is 22.5. The number of carbonyl (C=O) groups excluding carboxylic acids is 1. The highest BCUT2D eigenvalue weighted by Gasteiger charge is 2.38. The fourth-order valence-corrected chi connectivity index (χ4v) is 3.13. The second-order valence-corrected chi connectivity index (χ2v) is 6.52. The van der Waals surface area contributed by atoms with Crippen LogP contribution in [0.25, 0.3) is 0 Å². The van der Waals surface area contributed by atoms with Crippen LogP contribution in [0.15, 0.2) is 29.4 Å². The number of hydrogen-bond donors (Lipinski definition) is 0. The van der Waals surface area contributed by atoms with Crippen LogP contribution in [0.4, 0.5) is 4.79 Å². The second kappa shape index (κ2) is 8.01. The van der Waals surface area contributed by atoms with Crippen LogP contribution in [0.2, 0.25) is 0 Å². The van der Waals surface area contributed by atoms with Crippen molar-refractivity contribution in [3.8, 4) is 11.8 Å². The van der Waals surface area contributed by atoms with Gasteiger partial charge in [-0.1, -0.05) is 13.0 Å². The average Bonchev–Trinajstić information content (AvgIpc) is 3.22. The Morgan fingerprint density at radius 2 is 2.30 bits per heavy atom. The topological polar surface area (TPSA) is 121 Å². The fourth-order valence-electron chi connectivity index (χ4n) is 3.13. The highest BCUT2D eigenvalue weighted by molar-refractivity contribution is 5.96. The zero-order valence-electron chi connectivity index (χ0n) is 14.8. The molecule has 0 spiro atoms. The minimum atomic E-state index is -0.821. The van der Waals surface area contributed by atoms with Crippen molar-refractivity contribution in [2.45, 2.75) is 6.92 Å². The number of ether oxygens (including phenoxy) is 2. The van der Waals surface area contributed by atoms with E-state index in [0.717, 1.165) is 4.90 Å². The molecule has 2 aliphatic rings. The molecule has 2 fully saturated rings. The summed E-state index contributed by atoms with van der Waals surface area (Å²) < 4.78 is 10.7. The lowest BCUT2D eigenvalue weighted by Gasteiger charge is -2.23. The summed E-state index contributed by atoms with van der Waals surface area (Å²) in [5.41, 5.74) is 0.345. The summed E-state index contributed by atoms with van der Waals surface area (Å²) in [4.78, 5) is 26.3. The van der Waals surface area contributed by atoms with E-state index in [1.165, 1.54) is 12.1 Å². The Kier molecular flexibility index (Phi) is 5.52. The normalized spacial score (nSPS) is 23.5. The van der Waals surface area contributed by atoms with Crippen molar-refractivity contribution in [1.82, 2.24) is 9.80 Å². The standard InChI is InChI=1S/C17H19N5O5/c1-12-10-26-11-14(12)9-20-5-6-21(16(20)19-22(24)25)17(23)27-15-4-2-3-13(7-15)8-18/h2-4,7,12,14H,5-6,9-11H2,1H3. The molecular formula is C17H19N5O5. The molecule has 2 unspecified atom stereocenters. The molecule has 0 aliphatic carbocycles. The number of rotatable bonds is 4. The van der Waals surface area contributed by atoms with E-state index in [2.05, 4.69) is 12.0 Å². The summed E-state index contributed by atoms with van der Waals surface area (Å²) in [6, 6.07) is 8.09. The molecule has 0 radical (unpaired) electrons. The molecule has 2 saturated heterocycles. The molecule has 27 heavy (non-hydrogen) atoms. The Morgan fingerprint density at radius 1 is 1.48 bits per heavy atom. The van der Waals surface area contributed by atoms with Crippen molar-refractivity contribution in [2.75, 3.05) is 32.8 Å². The molecule has 2 atom stereocenters. The number of benzene rings is 1. The predicted octanol–water partition coefficient (Wildman–Crippen LogP) is 1.50. The molecule has 0 bridgehead atoms. The Labute approximate surface area is 155 Å². The van der Waals surface area contributed by atoms with Gasteiger partial charge < -0.3 is 14.4 Å². The first-order chi connectivity index (χ1) is 13.0. The molecule has 142 valence electrons. The quantitative estimate of drug-likeness (QED) is 0.579. The van der Waals surface area contributed by atoms with Gasteiger partial charge in [0.05, 0.1) is 24.8 Å². The number of hydrogen-bond acceptors (Lipinski definition) is 6. The number of nitro groups is 1. The lowest BCUT2D eigenvalue weighted by atomic mass is 9.98. The third-order valence-electron chi connectivity index (χ3n) is 4.65. The van der Waals surface area contributed by atoms with E-state index in [0.29, 0.717) is 37.8 Å². The van der Waals surface area contributed by atoms with Gasteiger partial charge in [0.2, 0.25) is 0 Å². The Hall–Kier alpha value is -3.19. The van der Waals surface area contributed by atoms with Gasteiger partial charge in [-0.3, -0.25) is 0 Å². The largest absolute Gasteiger partial charge is 0.422 e. The van der Waals surface area contributed by atoms with Crippen LogP contribution in [0.3, 0.4) is 0 Å². The first-order valence-electron chi connectivity index (χ1n) is 8.53. The van der Waals surface area contributed by atoms with Crippen LogP contribution < -0.4 is 4.74 Å². The van der Waals surface area contributed by atoms with Crippen LogP contribution in [0.5, 0.6) is 5.75 Å². The van der Waals surface area contributed by atoms with Crippen molar-refractivity contribution in [1.29, 1.82) is 5.26 Å². The summed E-state index contributed by atoms with van der Waals surface area (Å²) >= 11 is 0. The number of hydrazone groups is 1. The van der Waals surface area contributed by atoms with E-state index >= 15 is 0 Å². The molecule has 1 amide bonds. The van der Waals surface area contributed by atoms with Crippen molar-refractivity contribution in [2.24, 2.45) is 16.9 Å². The van der Waals surface area contributed by atoms with Crippen molar-refractivity contribution in [3.05, 3.63) is 39.9 Å². The van der Waals surface area contributed by atoms with Gasteiger partial charge in [0, 0.05) is 25.6 Å². The molecule has 0 N–H and O–H groups in total. The van der Waals surface area contributed by atoms with Gasteiger partial charge >= 0.3 is 6.09 Å².